The zero-order chi connectivity index (χ0) is 27.3. The molecule has 0 aliphatic carbocycles. The minimum absolute atomic E-state index is 0.133. The molecule has 13 heteroatoms. The van der Waals surface area contributed by atoms with E-state index >= 15 is 0 Å². The molecule has 0 radical (unpaired) electrons. The van der Waals surface area contributed by atoms with Crippen LogP contribution in [0.1, 0.15) is 17.7 Å². The van der Waals surface area contributed by atoms with Crippen molar-refractivity contribution in [2.24, 2.45) is 0 Å². The first-order valence-electron chi connectivity index (χ1n) is 10.9. The van der Waals surface area contributed by atoms with E-state index < -0.39 is 45.3 Å². The summed E-state index contributed by atoms with van der Waals surface area (Å²) in [6.45, 7) is 1.23. The van der Waals surface area contributed by atoms with Gasteiger partial charge in [-0.2, -0.15) is 0 Å². The number of carbonyl (C=O) groups excluding carboxylic acids is 1. The van der Waals surface area contributed by atoms with Crippen molar-refractivity contribution in [3.63, 3.8) is 0 Å². The summed E-state index contributed by atoms with van der Waals surface area (Å²) in [5.41, 5.74) is 2.98. The predicted octanol–water partition coefficient (Wildman–Crippen LogP) is 2.71. The Labute approximate surface area is 211 Å². The molecule has 0 unspecified atom stereocenters. The number of carboxylic acid groups (broad SMARTS) is 1. The van der Waals surface area contributed by atoms with Gasteiger partial charge in [0.05, 0.1) is 23.6 Å². The van der Waals surface area contributed by atoms with E-state index in [0.717, 1.165) is 6.26 Å². The van der Waals surface area contributed by atoms with Crippen molar-refractivity contribution in [1.29, 1.82) is 0 Å². The lowest BCUT2D eigenvalue weighted by Gasteiger charge is -2.14. The number of aliphatic carboxylic acids is 1. The third kappa shape index (κ3) is 6.91. The summed E-state index contributed by atoms with van der Waals surface area (Å²) < 4.78 is 39.0. The van der Waals surface area contributed by atoms with Gasteiger partial charge in [0.25, 0.3) is 5.09 Å². The van der Waals surface area contributed by atoms with Crippen LogP contribution >= 0.6 is 0 Å². The van der Waals surface area contributed by atoms with Crippen LogP contribution in [0.15, 0.2) is 59.5 Å². The molecule has 1 atom stereocenters. The average Bonchev–Trinajstić information content (AvgIpc) is 3.14. The van der Waals surface area contributed by atoms with Gasteiger partial charge < -0.3 is 19.8 Å². The fraction of sp³-hybridized carbons (Fsp3) is 0.250. The van der Waals surface area contributed by atoms with Crippen LogP contribution in [0, 0.1) is 22.9 Å². The number of rotatable bonds is 11. The molecule has 11 nitrogen and oxygen atoms in total. The number of halogens is 1. The molecular formula is C24H24FN3O8S. The van der Waals surface area contributed by atoms with Gasteiger partial charge >= 0.3 is 5.97 Å². The summed E-state index contributed by atoms with van der Waals surface area (Å²) in [6.07, 6.45) is 0.571. The van der Waals surface area contributed by atoms with Crippen LogP contribution in [-0.2, 0) is 30.7 Å². The monoisotopic (exact) mass is 533 g/mol. The minimum Gasteiger partial charge on any atom is -0.480 e. The summed E-state index contributed by atoms with van der Waals surface area (Å²) in [7, 11) is -3.41. The van der Waals surface area contributed by atoms with Crippen LogP contribution in [0.4, 0.5) is 4.39 Å². The van der Waals surface area contributed by atoms with Gasteiger partial charge in [0, 0.05) is 24.1 Å². The van der Waals surface area contributed by atoms with Gasteiger partial charge in [0.1, 0.15) is 11.9 Å². The highest BCUT2D eigenvalue weighted by Crippen LogP contribution is 2.30. The van der Waals surface area contributed by atoms with E-state index in [2.05, 4.69) is 10.2 Å². The van der Waals surface area contributed by atoms with Crippen molar-refractivity contribution < 1.29 is 37.4 Å². The lowest BCUT2D eigenvalue weighted by atomic mass is 10.1. The molecule has 1 aromatic heterocycles. The Bertz CT molecular complexity index is 1420. The molecule has 0 fully saturated rings. The van der Waals surface area contributed by atoms with Gasteiger partial charge in [0.15, 0.2) is 9.84 Å². The lowest BCUT2D eigenvalue weighted by molar-refractivity contribution is -0.757. The van der Waals surface area contributed by atoms with E-state index in [-0.39, 0.29) is 17.7 Å². The summed E-state index contributed by atoms with van der Waals surface area (Å²) in [6, 6.07) is 12.1. The predicted molar refractivity (Wildman–Crippen MR) is 130 cm³/mol. The number of carbonyl (C=O) groups is 2. The van der Waals surface area contributed by atoms with Crippen molar-refractivity contribution in [1.82, 2.24) is 9.88 Å². The van der Waals surface area contributed by atoms with Gasteiger partial charge in [-0.05, 0) is 60.5 Å². The highest BCUT2D eigenvalue weighted by Gasteiger charge is 2.23. The first-order chi connectivity index (χ1) is 17.4. The van der Waals surface area contributed by atoms with E-state index in [0.29, 0.717) is 28.2 Å². The number of nitrogens with zero attached hydrogens (tertiary/aromatic N) is 2. The average molecular weight is 534 g/mol. The Morgan fingerprint density at radius 2 is 1.78 bits per heavy atom. The normalized spacial score (nSPS) is 12.1. The Morgan fingerprint density at radius 3 is 2.32 bits per heavy atom. The maximum absolute atomic E-state index is 13.6. The zero-order valence-electron chi connectivity index (χ0n) is 19.9. The van der Waals surface area contributed by atoms with Crippen molar-refractivity contribution in [3.8, 4) is 16.9 Å². The number of nitrogens with one attached hydrogen (secondary N) is 1. The second kappa shape index (κ2) is 11.2. The van der Waals surface area contributed by atoms with Gasteiger partial charge in [-0.1, -0.05) is 12.1 Å². The number of amides is 1. The summed E-state index contributed by atoms with van der Waals surface area (Å²) in [5, 5.41) is 20.9. The molecule has 3 rings (SSSR count). The van der Waals surface area contributed by atoms with Crippen molar-refractivity contribution in [2.75, 3.05) is 12.9 Å². The highest BCUT2D eigenvalue weighted by atomic mass is 32.2. The van der Waals surface area contributed by atoms with Crippen molar-refractivity contribution >= 4 is 21.7 Å². The molecule has 0 saturated heterocycles. The molecule has 0 bridgehead atoms. The fourth-order valence-corrected chi connectivity index (χ4v) is 4.40. The van der Waals surface area contributed by atoms with Gasteiger partial charge in [0.2, 0.25) is 5.91 Å². The Kier molecular flexibility index (Phi) is 8.28. The molecule has 3 aromatic rings. The molecule has 0 aliphatic heterocycles. The lowest BCUT2D eigenvalue weighted by Crippen LogP contribution is -2.42. The van der Waals surface area contributed by atoms with Crippen LogP contribution in [0.5, 0.6) is 0 Å². The maximum atomic E-state index is 13.6. The Morgan fingerprint density at radius 1 is 1.16 bits per heavy atom. The number of hydrogen-bond acceptors (Lipinski definition) is 7. The third-order valence-electron chi connectivity index (χ3n) is 5.60. The largest absolute Gasteiger partial charge is 0.480 e. The Balaban J connectivity index is 1.94. The molecule has 0 aliphatic rings. The van der Waals surface area contributed by atoms with Gasteiger partial charge in [-0.15, -0.1) is 10.1 Å². The van der Waals surface area contributed by atoms with Crippen molar-refractivity contribution in [3.05, 3.63) is 81.8 Å². The molecule has 0 spiro atoms. The van der Waals surface area contributed by atoms with E-state index in [4.69, 9.17) is 0 Å². The van der Waals surface area contributed by atoms with Crippen LogP contribution in [0.2, 0.25) is 0 Å². The molecule has 1 amide bonds. The van der Waals surface area contributed by atoms with E-state index in [1.807, 2.05) is 0 Å². The van der Waals surface area contributed by atoms with E-state index in [1.165, 1.54) is 24.3 Å². The second-order valence-corrected chi connectivity index (χ2v) is 10.2. The maximum Gasteiger partial charge on any atom is 0.326 e. The standard InChI is InChI=1S/C24H24FN3O8S/c1-15-17(14-23(29)26-21(24(30)31)11-12-36-28(32)33)13-22(27(15)19-7-5-18(25)6-8-19)16-3-9-20(10-4-16)37(2,34)35/h3-10,13,21H,11-12,14H2,1-2H3,(H,26,29)(H,30,31)/t21-/m1/s1. The topological polar surface area (TPSA) is 158 Å². The number of benzene rings is 2. The first-order valence-corrected chi connectivity index (χ1v) is 12.8. The van der Waals surface area contributed by atoms with Gasteiger partial charge in [-0.25, -0.2) is 17.6 Å². The van der Waals surface area contributed by atoms with Crippen LogP contribution in [0.3, 0.4) is 0 Å². The van der Waals surface area contributed by atoms with Crippen LogP contribution in [-0.4, -0.2) is 54.0 Å². The summed E-state index contributed by atoms with van der Waals surface area (Å²) in [4.78, 5) is 38.7. The number of carboxylic acids is 1. The number of aromatic nitrogens is 1. The fourth-order valence-electron chi connectivity index (χ4n) is 3.77. The number of hydrogen-bond donors (Lipinski definition) is 2. The molecule has 37 heavy (non-hydrogen) atoms. The van der Waals surface area contributed by atoms with Gasteiger partial charge in [-0.3, -0.25) is 4.79 Å². The SMILES string of the molecule is Cc1c(CC(=O)N[C@H](CCO[N+](=O)[O-])C(=O)O)cc(-c2ccc(S(C)(=O)=O)cc2)n1-c1ccc(F)cc1. The number of sulfone groups is 1. The highest BCUT2D eigenvalue weighted by molar-refractivity contribution is 7.90. The second-order valence-electron chi connectivity index (χ2n) is 8.23. The molecule has 2 aromatic carbocycles. The third-order valence-corrected chi connectivity index (χ3v) is 6.73. The summed E-state index contributed by atoms with van der Waals surface area (Å²) in [5.74, 6) is -2.44. The molecular weight excluding hydrogens is 509 g/mol. The van der Waals surface area contributed by atoms with E-state index in [1.54, 1.807) is 41.8 Å². The van der Waals surface area contributed by atoms with E-state index in [9.17, 15) is 37.6 Å². The smallest absolute Gasteiger partial charge is 0.326 e. The molecule has 0 saturated carbocycles. The minimum atomic E-state index is -3.41. The molecule has 196 valence electrons. The summed E-state index contributed by atoms with van der Waals surface area (Å²) >= 11 is 0. The quantitative estimate of drug-likeness (QED) is 0.281. The van der Waals surface area contributed by atoms with Crippen molar-refractivity contribution in [2.45, 2.75) is 30.7 Å². The van der Waals surface area contributed by atoms with Crippen LogP contribution in [0.25, 0.3) is 16.9 Å². The molecule has 2 N–H and O–H groups in total. The first kappa shape index (κ1) is 27.3. The van der Waals surface area contributed by atoms with Crippen LogP contribution < -0.4 is 5.32 Å². The zero-order valence-corrected chi connectivity index (χ0v) is 20.7. The Hall–Kier alpha value is -4.26. The molecule has 1 heterocycles.